The summed E-state index contributed by atoms with van der Waals surface area (Å²) in [7, 11) is 0. The molecule has 1 saturated carbocycles. The molecule has 0 aliphatic heterocycles. The summed E-state index contributed by atoms with van der Waals surface area (Å²) in [5, 5.41) is 0.793. The minimum Gasteiger partial charge on any atom is -0.0843 e. The molecule has 0 saturated heterocycles. The second-order valence-corrected chi connectivity index (χ2v) is 10.5. The Kier molecular flexibility index (Phi) is 9.07. The van der Waals surface area contributed by atoms with E-state index in [1.54, 1.807) is 0 Å². The molecule has 3 aromatic rings. The lowest BCUT2D eigenvalue weighted by molar-refractivity contribution is 0.253. The zero-order chi connectivity index (χ0) is 22.9. The third-order valence-corrected chi connectivity index (χ3v) is 7.87. The molecule has 0 bridgehead atoms. The fourth-order valence-corrected chi connectivity index (χ4v) is 5.44. The summed E-state index contributed by atoms with van der Waals surface area (Å²) in [6.45, 7) is 2.27. The Bertz CT molecular complexity index is 945. The van der Waals surface area contributed by atoms with Crippen LogP contribution in [0.3, 0.4) is 0 Å². The first-order valence-electron chi connectivity index (χ1n) is 13.1. The Morgan fingerprint density at radius 1 is 0.576 bits per heavy atom. The van der Waals surface area contributed by atoms with Gasteiger partial charge in [0, 0.05) is 5.02 Å². The van der Waals surface area contributed by atoms with Crippen molar-refractivity contribution >= 4 is 11.6 Å². The number of hydrogen-bond donors (Lipinski definition) is 0. The molecule has 0 aromatic heterocycles. The van der Waals surface area contributed by atoms with Crippen LogP contribution in [0.4, 0.5) is 0 Å². The van der Waals surface area contributed by atoms with Gasteiger partial charge in [-0.25, -0.2) is 0 Å². The third kappa shape index (κ3) is 7.47. The molecule has 1 aliphatic carbocycles. The van der Waals surface area contributed by atoms with Gasteiger partial charge in [-0.2, -0.15) is 0 Å². The lowest BCUT2D eigenvalue weighted by Gasteiger charge is -2.28. The van der Waals surface area contributed by atoms with E-state index in [4.69, 9.17) is 11.6 Å². The van der Waals surface area contributed by atoms with Crippen LogP contribution in [0.5, 0.6) is 0 Å². The highest BCUT2D eigenvalue weighted by Gasteiger charge is 2.20. The molecule has 1 aliphatic rings. The van der Waals surface area contributed by atoms with E-state index in [9.17, 15) is 0 Å². The molecule has 174 valence electrons. The van der Waals surface area contributed by atoms with Crippen LogP contribution < -0.4 is 0 Å². The molecule has 33 heavy (non-hydrogen) atoms. The zero-order valence-corrected chi connectivity index (χ0v) is 21.0. The van der Waals surface area contributed by atoms with Gasteiger partial charge in [0.15, 0.2) is 0 Å². The van der Waals surface area contributed by atoms with Crippen molar-refractivity contribution < 1.29 is 0 Å². The van der Waals surface area contributed by atoms with Gasteiger partial charge in [-0.1, -0.05) is 111 Å². The lowest BCUT2D eigenvalue weighted by atomic mass is 9.77. The van der Waals surface area contributed by atoms with E-state index in [0.717, 1.165) is 16.9 Å². The molecular formula is C32H39Cl. The monoisotopic (exact) mass is 458 g/mol. The van der Waals surface area contributed by atoms with E-state index in [0.29, 0.717) is 0 Å². The standard InChI is InChI=1S/C32H39Cl/c1-2-3-4-25-5-7-26(8-6-25)9-10-27-11-13-28(14-12-27)15-16-29-17-19-30(20-18-29)31-21-23-32(33)24-22-31/h5-8,17-24,27-28H,2-4,9-16H2,1H3/t27-,28-. The van der Waals surface area contributed by atoms with Crippen molar-refractivity contribution in [3.8, 4) is 11.1 Å². The van der Waals surface area contributed by atoms with E-state index in [1.165, 1.54) is 98.4 Å². The Labute approximate surface area is 206 Å². The topological polar surface area (TPSA) is 0 Å². The molecule has 0 nitrogen and oxygen atoms in total. The largest absolute Gasteiger partial charge is 0.0843 e. The van der Waals surface area contributed by atoms with Crippen molar-refractivity contribution in [1.82, 2.24) is 0 Å². The number of halogens is 1. The van der Waals surface area contributed by atoms with Crippen molar-refractivity contribution in [3.05, 3.63) is 94.5 Å². The van der Waals surface area contributed by atoms with Gasteiger partial charge >= 0.3 is 0 Å². The summed E-state index contributed by atoms with van der Waals surface area (Å²) >= 11 is 6.01. The summed E-state index contributed by atoms with van der Waals surface area (Å²) in [5.74, 6) is 1.84. The van der Waals surface area contributed by atoms with E-state index in [1.807, 2.05) is 12.1 Å². The Morgan fingerprint density at radius 3 is 1.42 bits per heavy atom. The van der Waals surface area contributed by atoms with E-state index >= 15 is 0 Å². The predicted molar refractivity (Wildman–Crippen MR) is 144 cm³/mol. The number of benzene rings is 3. The van der Waals surface area contributed by atoms with Gasteiger partial charge in [0.25, 0.3) is 0 Å². The van der Waals surface area contributed by atoms with Gasteiger partial charge in [0.2, 0.25) is 0 Å². The highest BCUT2D eigenvalue weighted by Crippen LogP contribution is 2.34. The number of rotatable bonds is 10. The van der Waals surface area contributed by atoms with Crippen molar-refractivity contribution in [1.29, 1.82) is 0 Å². The fourth-order valence-electron chi connectivity index (χ4n) is 5.31. The molecule has 3 aromatic carbocycles. The van der Waals surface area contributed by atoms with Crippen molar-refractivity contribution in [2.24, 2.45) is 11.8 Å². The lowest BCUT2D eigenvalue weighted by Crippen LogP contribution is -2.15. The van der Waals surface area contributed by atoms with Crippen LogP contribution in [-0.2, 0) is 19.3 Å². The average Bonchev–Trinajstić information content (AvgIpc) is 2.87. The smallest absolute Gasteiger partial charge is 0.0406 e. The molecule has 0 amide bonds. The SMILES string of the molecule is CCCCc1ccc(CC[C@H]2CC[C@H](CCc3ccc(-c4ccc(Cl)cc4)cc3)CC2)cc1. The molecule has 1 heteroatoms. The van der Waals surface area contributed by atoms with Crippen molar-refractivity contribution in [3.63, 3.8) is 0 Å². The van der Waals surface area contributed by atoms with Gasteiger partial charge in [0.1, 0.15) is 0 Å². The van der Waals surface area contributed by atoms with Crippen LogP contribution in [0.1, 0.15) is 75.0 Å². The minimum absolute atomic E-state index is 0.793. The van der Waals surface area contributed by atoms with Gasteiger partial charge in [-0.05, 0) is 90.3 Å². The number of hydrogen-bond acceptors (Lipinski definition) is 0. The Hall–Kier alpha value is -2.05. The summed E-state index contributed by atoms with van der Waals surface area (Å²) in [5.41, 5.74) is 7.00. The maximum absolute atomic E-state index is 6.01. The third-order valence-electron chi connectivity index (χ3n) is 7.62. The Balaban J connectivity index is 1.16. The quantitative estimate of drug-likeness (QED) is 0.283. The first kappa shape index (κ1) is 24.1. The first-order chi connectivity index (χ1) is 16.2. The minimum atomic E-state index is 0.793. The molecule has 0 spiro atoms. The molecule has 0 unspecified atom stereocenters. The molecule has 0 heterocycles. The molecule has 4 rings (SSSR count). The molecule has 0 atom stereocenters. The normalized spacial score (nSPS) is 18.4. The first-order valence-corrected chi connectivity index (χ1v) is 13.5. The highest BCUT2D eigenvalue weighted by molar-refractivity contribution is 6.30. The average molecular weight is 459 g/mol. The van der Waals surface area contributed by atoms with Crippen molar-refractivity contribution in [2.45, 2.75) is 77.6 Å². The fraction of sp³-hybridized carbons (Fsp3) is 0.438. The number of aryl methyl sites for hydroxylation is 3. The molecular weight excluding hydrogens is 420 g/mol. The van der Waals surface area contributed by atoms with E-state index in [2.05, 4.69) is 67.6 Å². The van der Waals surface area contributed by atoms with Crippen LogP contribution in [0, 0.1) is 11.8 Å². The maximum atomic E-state index is 6.01. The van der Waals surface area contributed by atoms with Gasteiger partial charge in [-0.15, -0.1) is 0 Å². The van der Waals surface area contributed by atoms with Crippen LogP contribution in [0.25, 0.3) is 11.1 Å². The maximum Gasteiger partial charge on any atom is 0.0406 e. The van der Waals surface area contributed by atoms with Crippen LogP contribution in [0.2, 0.25) is 5.02 Å². The number of unbranched alkanes of at least 4 members (excludes halogenated alkanes) is 1. The van der Waals surface area contributed by atoms with Gasteiger partial charge in [-0.3, -0.25) is 0 Å². The molecule has 0 radical (unpaired) electrons. The van der Waals surface area contributed by atoms with E-state index in [-0.39, 0.29) is 0 Å². The van der Waals surface area contributed by atoms with E-state index < -0.39 is 0 Å². The van der Waals surface area contributed by atoms with Crippen molar-refractivity contribution in [2.75, 3.05) is 0 Å². The van der Waals surface area contributed by atoms with Crippen LogP contribution >= 0.6 is 11.6 Å². The van der Waals surface area contributed by atoms with Gasteiger partial charge < -0.3 is 0 Å². The summed E-state index contributed by atoms with van der Waals surface area (Å²) in [6, 6.07) is 26.7. The predicted octanol–water partition coefficient (Wildman–Crippen LogP) is 9.72. The highest BCUT2D eigenvalue weighted by atomic mass is 35.5. The zero-order valence-electron chi connectivity index (χ0n) is 20.2. The molecule has 1 fully saturated rings. The molecule has 0 N–H and O–H groups in total. The van der Waals surface area contributed by atoms with Gasteiger partial charge in [0.05, 0.1) is 0 Å². The second kappa shape index (κ2) is 12.4. The summed E-state index contributed by atoms with van der Waals surface area (Å²) in [4.78, 5) is 0. The summed E-state index contributed by atoms with van der Waals surface area (Å²) < 4.78 is 0. The second-order valence-electron chi connectivity index (χ2n) is 10.1. The van der Waals surface area contributed by atoms with Crippen LogP contribution in [-0.4, -0.2) is 0 Å². The Morgan fingerprint density at radius 2 is 0.970 bits per heavy atom. The summed E-state index contributed by atoms with van der Waals surface area (Å²) in [6.07, 6.45) is 14.7. The van der Waals surface area contributed by atoms with Crippen LogP contribution in [0.15, 0.2) is 72.8 Å².